The van der Waals surface area contributed by atoms with Crippen LogP contribution >= 0.6 is 0 Å². The van der Waals surface area contributed by atoms with E-state index in [9.17, 15) is 14.4 Å². The smallest absolute Gasteiger partial charge is 0.240 e. The van der Waals surface area contributed by atoms with Gasteiger partial charge in [-0.05, 0) is 32.4 Å². The van der Waals surface area contributed by atoms with E-state index < -0.39 is 5.41 Å². The minimum absolute atomic E-state index is 0.0000129. The Bertz CT molecular complexity index is 523. The van der Waals surface area contributed by atoms with Gasteiger partial charge in [-0.25, -0.2) is 0 Å². The quantitative estimate of drug-likeness (QED) is 0.777. The summed E-state index contributed by atoms with van der Waals surface area (Å²) in [6.45, 7) is 3.21. The van der Waals surface area contributed by atoms with Crippen LogP contribution in [0.2, 0.25) is 0 Å². The van der Waals surface area contributed by atoms with E-state index in [1.165, 1.54) is 11.8 Å². The van der Waals surface area contributed by atoms with Crippen molar-refractivity contribution in [2.75, 3.05) is 11.4 Å². The summed E-state index contributed by atoms with van der Waals surface area (Å²) in [5, 5.41) is 0. The van der Waals surface area contributed by atoms with E-state index >= 15 is 0 Å². The molecule has 4 nitrogen and oxygen atoms in total. The Morgan fingerprint density at radius 1 is 1.26 bits per heavy atom. The Balaban J connectivity index is 2.23. The molecule has 1 aromatic carbocycles. The molecule has 2 rings (SSSR count). The molecule has 1 aromatic rings. The minimum Gasteiger partial charge on any atom is -0.304 e. The molecule has 1 fully saturated rings. The van der Waals surface area contributed by atoms with Gasteiger partial charge in [-0.15, -0.1) is 0 Å². The number of anilines is 1. The highest BCUT2D eigenvalue weighted by Crippen LogP contribution is 2.35. The first-order chi connectivity index (χ1) is 8.95. The van der Waals surface area contributed by atoms with E-state index in [1.807, 2.05) is 30.3 Å². The van der Waals surface area contributed by atoms with Crippen molar-refractivity contribution in [3.8, 4) is 0 Å². The van der Waals surface area contributed by atoms with E-state index in [1.54, 1.807) is 6.92 Å². The largest absolute Gasteiger partial charge is 0.304 e. The molecule has 0 N–H and O–H groups in total. The van der Waals surface area contributed by atoms with Gasteiger partial charge < -0.3 is 9.69 Å². The maximum atomic E-state index is 12.4. The van der Waals surface area contributed by atoms with Crippen molar-refractivity contribution in [2.24, 2.45) is 5.41 Å². The van der Waals surface area contributed by atoms with Gasteiger partial charge in [-0.1, -0.05) is 18.2 Å². The summed E-state index contributed by atoms with van der Waals surface area (Å²) in [7, 11) is 0. The molecule has 100 valence electrons. The Kier molecular flexibility index (Phi) is 3.51. The summed E-state index contributed by atoms with van der Waals surface area (Å²) < 4.78 is 0. The number of benzene rings is 1. The number of amides is 1. The molecular formula is C15H17NO3. The van der Waals surface area contributed by atoms with Crippen LogP contribution in [-0.4, -0.2) is 24.0 Å². The standard InChI is InChI=1S/C15H17NO3/c1-11(17)8-9-15(2)13(18)10-16(14(15)19)12-6-4-3-5-7-12/h3-7H,8-10H2,1-2H3. The highest BCUT2D eigenvalue weighted by molar-refractivity contribution is 6.20. The van der Waals surface area contributed by atoms with Gasteiger partial charge in [0.05, 0.1) is 6.54 Å². The van der Waals surface area contributed by atoms with E-state index in [0.29, 0.717) is 6.42 Å². The molecule has 1 aliphatic heterocycles. The summed E-state index contributed by atoms with van der Waals surface area (Å²) in [6, 6.07) is 9.14. The molecule has 1 atom stereocenters. The first-order valence-electron chi connectivity index (χ1n) is 6.35. The molecule has 0 radical (unpaired) electrons. The van der Waals surface area contributed by atoms with E-state index in [2.05, 4.69) is 0 Å². The average Bonchev–Trinajstić information content (AvgIpc) is 2.62. The minimum atomic E-state index is -1.05. The molecule has 1 unspecified atom stereocenters. The van der Waals surface area contributed by atoms with Gasteiger partial charge in [0.15, 0.2) is 5.78 Å². The second kappa shape index (κ2) is 4.96. The van der Waals surface area contributed by atoms with Gasteiger partial charge in [-0.3, -0.25) is 9.59 Å². The van der Waals surface area contributed by atoms with Crippen LogP contribution < -0.4 is 4.90 Å². The second-order valence-corrected chi connectivity index (χ2v) is 5.18. The number of carbonyl (C=O) groups is 3. The first-order valence-corrected chi connectivity index (χ1v) is 6.35. The van der Waals surface area contributed by atoms with Crippen molar-refractivity contribution in [1.29, 1.82) is 0 Å². The van der Waals surface area contributed by atoms with Crippen LogP contribution in [0, 0.1) is 5.41 Å². The van der Waals surface area contributed by atoms with Gasteiger partial charge in [-0.2, -0.15) is 0 Å². The highest BCUT2D eigenvalue weighted by atomic mass is 16.2. The molecule has 19 heavy (non-hydrogen) atoms. The van der Waals surface area contributed by atoms with Crippen molar-refractivity contribution >= 4 is 23.2 Å². The van der Waals surface area contributed by atoms with Crippen molar-refractivity contribution in [1.82, 2.24) is 0 Å². The molecule has 1 heterocycles. The number of Topliss-reactive ketones (excluding diaryl/α,β-unsaturated/α-hetero) is 2. The normalized spacial score (nSPS) is 22.9. The summed E-state index contributed by atoms with van der Waals surface area (Å²) in [5.41, 5.74) is -0.325. The highest BCUT2D eigenvalue weighted by Gasteiger charge is 2.50. The fraction of sp³-hybridized carbons (Fsp3) is 0.400. The lowest BCUT2D eigenvalue weighted by Gasteiger charge is -2.21. The Morgan fingerprint density at radius 2 is 1.89 bits per heavy atom. The SMILES string of the molecule is CC(=O)CCC1(C)C(=O)CN(c2ccccc2)C1=O. The van der Waals surface area contributed by atoms with Crippen LogP contribution in [0.4, 0.5) is 5.69 Å². The van der Waals surface area contributed by atoms with Crippen molar-refractivity contribution in [3.05, 3.63) is 30.3 Å². The van der Waals surface area contributed by atoms with E-state index in [0.717, 1.165) is 5.69 Å². The zero-order valence-corrected chi connectivity index (χ0v) is 11.2. The monoisotopic (exact) mass is 259 g/mol. The van der Waals surface area contributed by atoms with Crippen LogP contribution in [0.5, 0.6) is 0 Å². The zero-order valence-electron chi connectivity index (χ0n) is 11.2. The number of hydrogen-bond donors (Lipinski definition) is 0. The zero-order chi connectivity index (χ0) is 14.0. The molecular weight excluding hydrogens is 242 g/mol. The molecule has 1 aliphatic rings. The third kappa shape index (κ3) is 2.43. The molecule has 1 saturated heterocycles. The lowest BCUT2D eigenvalue weighted by Crippen LogP contribution is -2.34. The van der Waals surface area contributed by atoms with Crippen molar-refractivity contribution in [3.63, 3.8) is 0 Å². The maximum absolute atomic E-state index is 12.4. The number of hydrogen-bond acceptors (Lipinski definition) is 3. The Labute approximate surface area is 112 Å². The number of carbonyl (C=O) groups excluding carboxylic acids is 3. The molecule has 0 aromatic heterocycles. The second-order valence-electron chi connectivity index (χ2n) is 5.18. The van der Waals surface area contributed by atoms with Crippen LogP contribution in [0.3, 0.4) is 0 Å². The van der Waals surface area contributed by atoms with Gasteiger partial charge in [0.2, 0.25) is 5.91 Å². The number of nitrogens with zero attached hydrogens (tertiary/aromatic N) is 1. The van der Waals surface area contributed by atoms with Gasteiger partial charge in [0.25, 0.3) is 0 Å². The van der Waals surface area contributed by atoms with Gasteiger partial charge in [0.1, 0.15) is 11.2 Å². The summed E-state index contributed by atoms with van der Waals surface area (Å²) in [5.74, 6) is -0.312. The van der Waals surface area contributed by atoms with Crippen LogP contribution in [0.25, 0.3) is 0 Å². The molecule has 0 saturated carbocycles. The number of ketones is 2. The van der Waals surface area contributed by atoms with E-state index in [-0.39, 0.29) is 30.4 Å². The summed E-state index contributed by atoms with van der Waals surface area (Å²) >= 11 is 0. The van der Waals surface area contributed by atoms with Gasteiger partial charge >= 0.3 is 0 Å². The predicted molar refractivity (Wildman–Crippen MR) is 71.8 cm³/mol. The third-order valence-electron chi connectivity index (χ3n) is 3.68. The molecule has 0 spiro atoms. The van der Waals surface area contributed by atoms with Crippen LogP contribution in [0.1, 0.15) is 26.7 Å². The molecule has 1 amide bonds. The Hall–Kier alpha value is -1.97. The lowest BCUT2D eigenvalue weighted by atomic mass is 9.82. The molecule has 0 aliphatic carbocycles. The van der Waals surface area contributed by atoms with Crippen molar-refractivity contribution in [2.45, 2.75) is 26.7 Å². The van der Waals surface area contributed by atoms with Gasteiger partial charge in [0, 0.05) is 12.1 Å². The fourth-order valence-electron chi connectivity index (χ4n) is 2.30. The molecule has 0 bridgehead atoms. The topological polar surface area (TPSA) is 54.5 Å². The summed E-state index contributed by atoms with van der Waals surface area (Å²) in [4.78, 5) is 37.1. The predicted octanol–water partition coefficient (Wildman–Crippen LogP) is 1.98. The number of para-hydroxylation sites is 1. The number of rotatable bonds is 4. The lowest BCUT2D eigenvalue weighted by molar-refractivity contribution is -0.134. The third-order valence-corrected chi connectivity index (χ3v) is 3.68. The van der Waals surface area contributed by atoms with Crippen molar-refractivity contribution < 1.29 is 14.4 Å². The fourth-order valence-corrected chi connectivity index (χ4v) is 2.30. The summed E-state index contributed by atoms with van der Waals surface area (Å²) in [6.07, 6.45) is 0.555. The first kappa shape index (κ1) is 13.5. The maximum Gasteiger partial charge on any atom is 0.240 e. The Morgan fingerprint density at radius 3 is 2.47 bits per heavy atom. The van der Waals surface area contributed by atoms with E-state index in [4.69, 9.17) is 0 Å². The van der Waals surface area contributed by atoms with Crippen LogP contribution in [-0.2, 0) is 14.4 Å². The average molecular weight is 259 g/mol. The molecule has 4 heteroatoms. The van der Waals surface area contributed by atoms with Crippen LogP contribution in [0.15, 0.2) is 30.3 Å².